The molecule has 0 bridgehead atoms. The molecule has 3 rings (SSSR count). The third kappa shape index (κ3) is 17.7. The van der Waals surface area contributed by atoms with Gasteiger partial charge in [0.1, 0.15) is 17.2 Å². The van der Waals surface area contributed by atoms with Gasteiger partial charge in [0.05, 0.1) is 29.9 Å². The van der Waals surface area contributed by atoms with Gasteiger partial charge < -0.3 is 29.5 Å². The largest absolute Gasteiger partial charge is 0.573 e. The number of alkyl halides is 6. The van der Waals surface area contributed by atoms with E-state index in [1.54, 1.807) is 24.3 Å². The highest BCUT2D eigenvalue weighted by Crippen LogP contribution is 2.23. The summed E-state index contributed by atoms with van der Waals surface area (Å²) in [5.41, 5.74) is 0.292. The Morgan fingerprint density at radius 3 is 1.20 bits per heavy atom. The molecule has 0 radical (unpaired) electrons. The fraction of sp³-hybridized carbons (Fsp3) is 0.300. The molecule has 0 atom stereocenters. The average molecular weight is 649 g/mol. The van der Waals surface area contributed by atoms with Crippen molar-refractivity contribution >= 4 is 17.9 Å². The van der Waals surface area contributed by atoms with Crippen LogP contribution in [0.15, 0.2) is 72.8 Å². The van der Waals surface area contributed by atoms with Crippen LogP contribution in [-0.4, -0.2) is 59.0 Å². The molecule has 3 N–H and O–H groups in total. The highest BCUT2D eigenvalue weighted by atomic mass is 19.4. The van der Waals surface area contributed by atoms with Crippen LogP contribution in [0.2, 0.25) is 0 Å². The molecule has 0 heterocycles. The first-order valence-electron chi connectivity index (χ1n) is 13.1. The number of unbranched alkanes of at least 4 members (excludes halogenated alkanes) is 1. The molecule has 9 nitrogen and oxygen atoms in total. The summed E-state index contributed by atoms with van der Waals surface area (Å²) in [6.07, 6.45) is -7.83. The summed E-state index contributed by atoms with van der Waals surface area (Å²) < 4.78 is 84.4. The van der Waals surface area contributed by atoms with Gasteiger partial charge in [0.15, 0.2) is 0 Å². The lowest BCUT2D eigenvalue weighted by Gasteiger charge is -2.08. The van der Waals surface area contributed by atoms with Crippen molar-refractivity contribution in [3.63, 3.8) is 0 Å². The number of hydrogen-bond donors (Lipinski definition) is 3. The van der Waals surface area contributed by atoms with E-state index >= 15 is 0 Å². The van der Waals surface area contributed by atoms with E-state index in [1.807, 2.05) is 0 Å². The Balaban J connectivity index is 0.000000340. The molecule has 0 saturated carbocycles. The van der Waals surface area contributed by atoms with Gasteiger partial charge in [-0.2, -0.15) is 13.2 Å². The Labute approximate surface area is 253 Å². The highest BCUT2D eigenvalue weighted by molar-refractivity contribution is 5.88. The van der Waals surface area contributed by atoms with Gasteiger partial charge in [0.25, 0.3) is 0 Å². The second kappa shape index (κ2) is 18.7. The molecular weight excluding hydrogens is 618 g/mol. The van der Waals surface area contributed by atoms with E-state index < -0.39 is 42.6 Å². The van der Waals surface area contributed by atoms with Crippen molar-refractivity contribution in [3.05, 3.63) is 89.5 Å². The summed E-state index contributed by atoms with van der Waals surface area (Å²) >= 11 is 0. The number of carboxylic acids is 3. The normalized spacial score (nSPS) is 10.7. The van der Waals surface area contributed by atoms with E-state index in [2.05, 4.69) is 11.7 Å². The van der Waals surface area contributed by atoms with Crippen molar-refractivity contribution in [2.24, 2.45) is 0 Å². The number of aromatic carboxylic acids is 3. The summed E-state index contributed by atoms with van der Waals surface area (Å²) in [4.78, 5) is 31.4. The second-order valence-corrected chi connectivity index (χ2v) is 8.81. The molecule has 0 spiro atoms. The Hall–Kier alpha value is -4.95. The van der Waals surface area contributed by atoms with Gasteiger partial charge in [-0.25, -0.2) is 14.4 Å². The van der Waals surface area contributed by atoms with Crippen LogP contribution < -0.4 is 14.2 Å². The highest BCUT2D eigenvalue weighted by Gasteiger charge is 2.31. The van der Waals surface area contributed by atoms with Crippen LogP contribution in [0.3, 0.4) is 0 Å². The van der Waals surface area contributed by atoms with Gasteiger partial charge >= 0.3 is 30.4 Å². The second-order valence-electron chi connectivity index (χ2n) is 8.81. The molecule has 0 aliphatic carbocycles. The standard InChI is InChI=1S/C11H11F3O3.C11H14O3.C8H5F3O3/c12-11(13,14)6-1-7-17-9-4-2-8(3-5-9)10(15)16;1-2-3-8-14-10-6-4-9(5-7-10)11(12)13;9-8(10,11)14-6-3-1-5(2-4-6)7(12)13/h2-5H,1,6-7H2,(H,15,16);4-7H,2-3,8H2,1H3,(H,12,13);1-4H,(H,12,13). The van der Waals surface area contributed by atoms with Gasteiger partial charge in [-0.15, -0.1) is 13.2 Å². The zero-order valence-electron chi connectivity index (χ0n) is 23.7. The first-order valence-corrected chi connectivity index (χ1v) is 13.1. The molecule has 3 aromatic carbocycles. The average Bonchev–Trinajstić information content (AvgIpc) is 2.96. The Kier molecular flexibility index (Phi) is 15.8. The van der Waals surface area contributed by atoms with Crippen LogP contribution in [0.1, 0.15) is 63.7 Å². The van der Waals surface area contributed by atoms with Crippen molar-refractivity contribution < 1.29 is 70.3 Å². The molecule has 45 heavy (non-hydrogen) atoms. The zero-order valence-corrected chi connectivity index (χ0v) is 23.7. The molecule has 0 aliphatic rings. The predicted molar refractivity (Wildman–Crippen MR) is 148 cm³/mol. The molecular formula is C30H30F6O9. The molecule has 3 aromatic rings. The van der Waals surface area contributed by atoms with Crippen LogP contribution in [-0.2, 0) is 0 Å². The minimum atomic E-state index is -4.76. The van der Waals surface area contributed by atoms with Crippen molar-refractivity contribution in [2.75, 3.05) is 13.2 Å². The van der Waals surface area contributed by atoms with Gasteiger partial charge in [-0.1, -0.05) is 13.3 Å². The number of carbonyl (C=O) groups is 3. The molecule has 0 fully saturated rings. The molecule has 0 aliphatic heterocycles. The number of benzene rings is 3. The first kappa shape index (κ1) is 38.1. The van der Waals surface area contributed by atoms with E-state index in [-0.39, 0.29) is 29.7 Å². The lowest BCUT2D eigenvalue weighted by molar-refractivity contribution is -0.274. The minimum absolute atomic E-state index is 0.0497. The first-order chi connectivity index (χ1) is 21.0. The Bertz CT molecular complexity index is 1320. The molecule has 246 valence electrons. The maximum absolute atomic E-state index is 11.8. The lowest BCUT2D eigenvalue weighted by atomic mass is 10.2. The maximum atomic E-state index is 11.8. The van der Waals surface area contributed by atoms with Crippen molar-refractivity contribution in [1.82, 2.24) is 0 Å². The third-order valence-electron chi connectivity index (χ3n) is 5.18. The van der Waals surface area contributed by atoms with E-state index in [1.165, 1.54) is 24.3 Å². The van der Waals surface area contributed by atoms with Crippen molar-refractivity contribution in [1.29, 1.82) is 0 Å². The van der Waals surface area contributed by atoms with Crippen molar-refractivity contribution in [2.45, 2.75) is 45.1 Å². The topological polar surface area (TPSA) is 140 Å². The SMILES string of the molecule is CCCCOc1ccc(C(=O)O)cc1.O=C(O)c1ccc(OC(F)(F)F)cc1.O=C(O)c1ccc(OCCCC(F)(F)F)cc1. The lowest BCUT2D eigenvalue weighted by Crippen LogP contribution is -2.17. The summed E-state index contributed by atoms with van der Waals surface area (Å²) in [7, 11) is 0. The molecule has 0 amide bonds. The smallest absolute Gasteiger partial charge is 0.494 e. The quantitative estimate of drug-likeness (QED) is 0.132. The van der Waals surface area contributed by atoms with Gasteiger partial charge in [0.2, 0.25) is 0 Å². The van der Waals surface area contributed by atoms with Crippen LogP contribution in [0.4, 0.5) is 26.3 Å². The molecule has 0 saturated heterocycles. The maximum Gasteiger partial charge on any atom is 0.573 e. The number of rotatable bonds is 12. The monoisotopic (exact) mass is 648 g/mol. The van der Waals surface area contributed by atoms with E-state index in [4.69, 9.17) is 24.8 Å². The molecule has 0 aromatic heterocycles. The van der Waals surface area contributed by atoms with Gasteiger partial charge in [0, 0.05) is 6.42 Å². The van der Waals surface area contributed by atoms with Gasteiger partial charge in [-0.3, -0.25) is 0 Å². The summed E-state index contributed by atoms with van der Waals surface area (Å²) in [5.74, 6) is -2.54. The van der Waals surface area contributed by atoms with Crippen LogP contribution >= 0.6 is 0 Å². The van der Waals surface area contributed by atoms with Crippen LogP contribution in [0, 0.1) is 0 Å². The van der Waals surface area contributed by atoms with E-state index in [9.17, 15) is 40.7 Å². The fourth-order valence-electron chi connectivity index (χ4n) is 2.98. The number of carboxylic acid groups (broad SMARTS) is 3. The van der Waals surface area contributed by atoms with Crippen LogP contribution in [0.25, 0.3) is 0 Å². The number of ether oxygens (including phenoxy) is 3. The predicted octanol–water partition coefficient (Wildman–Crippen LogP) is 7.95. The molecule has 0 unspecified atom stereocenters. The fourth-order valence-corrected chi connectivity index (χ4v) is 2.98. The van der Waals surface area contributed by atoms with Crippen molar-refractivity contribution in [3.8, 4) is 17.2 Å². The summed E-state index contributed by atoms with van der Waals surface area (Å²) in [6.45, 7) is 2.73. The Morgan fingerprint density at radius 2 is 0.911 bits per heavy atom. The number of halogens is 6. The summed E-state index contributed by atoms with van der Waals surface area (Å²) in [5, 5.41) is 25.7. The summed E-state index contributed by atoms with van der Waals surface area (Å²) in [6, 6.07) is 15.9. The zero-order chi connectivity index (χ0) is 34.0. The number of hydrogen-bond acceptors (Lipinski definition) is 6. The molecule has 15 heteroatoms. The minimum Gasteiger partial charge on any atom is -0.494 e. The van der Waals surface area contributed by atoms with E-state index in [0.717, 1.165) is 42.9 Å². The van der Waals surface area contributed by atoms with Crippen LogP contribution in [0.5, 0.6) is 17.2 Å². The van der Waals surface area contributed by atoms with Gasteiger partial charge in [-0.05, 0) is 85.6 Å². The Morgan fingerprint density at radius 1 is 0.578 bits per heavy atom. The third-order valence-corrected chi connectivity index (χ3v) is 5.18. The van der Waals surface area contributed by atoms with E-state index in [0.29, 0.717) is 12.4 Å².